The molecular weight excluding hydrogens is 144 g/mol. The van der Waals surface area contributed by atoms with Gasteiger partial charge >= 0.3 is 5.97 Å². The van der Waals surface area contributed by atoms with Crippen molar-refractivity contribution in [3.63, 3.8) is 0 Å². The van der Waals surface area contributed by atoms with Crippen LogP contribution in [0.4, 0.5) is 0 Å². The lowest BCUT2D eigenvalue weighted by molar-refractivity contribution is -0.137. The Labute approximate surface area is 65.7 Å². The summed E-state index contributed by atoms with van der Waals surface area (Å²) in [6, 6.07) is 0. The Balaban J connectivity index is 3.27. The van der Waals surface area contributed by atoms with E-state index in [1.54, 1.807) is 6.08 Å². The van der Waals surface area contributed by atoms with Gasteiger partial charge in [0.1, 0.15) is 0 Å². The van der Waals surface area contributed by atoms with Gasteiger partial charge in [0, 0.05) is 6.42 Å². The fraction of sp³-hybridized carbons (Fsp3) is 0.500. The fourth-order valence-electron chi connectivity index (χ4n) is 0.575. The molecule has 3 heteroatoms. The Hall–Kier alpha value is -1.05. The average molecular weight is 156 g/mol. The standard InChI is InChI=1S/C8H12O3/c9-7-5-3-1-2-4-6-8(10)11/h1,5,9H,2,4,6-7H2,(H,10,11). The van der Waals surface area contributed by atoms with Crippen LogP contribution in [0.5, 0.6) is 0 Å². The van der Waals surface area contributed by atoms with E-state index in [9.17, 15) is 4.79 Å². The molecule has 0 amide bonds. The van der Waals surface area contributed by atoms with E-state index in [-0.39, 0.29) is 13.0 Å². The van der Waals surface area contributed by atoms with E-state index in [1.807, 2.05) is 0 Å². The van der Waals surface area contributed by atoms with Gasteiger partial charge in [0.25, 0.3) is 0 Å². The van der Waals surface area contributed by atoms with Crippen LogP contribution in [-0.4, -0.2) is 22.8 Å². The highest BCUT2D eigenvalue weighted by molar-refractivity contribution is 5.66. The number of aliphatic carboxylic acids is 1. The molecule has 0 radical (unpaired) electrons. The molecule has 0 spiro atoms. The van der Waals surface area contributed by atoms with Crippen molar-refractivity contribution in [2.75, 3.05) is 6.61 Å². The van der Waals surface area contributed by atoms with Gasteiger partial charge < -0.3 is 10.2 Å². The van der Waals surface area contributed by atoms with Crippen molar-refractivity contribution in [3.05, 3.63) is 17.9 Å². The van der Waals surface area contributed by atoms with Gasteiger partial charge in [0.2, 0.25) is 0 Å². The molecule has 0 aliphatic rings. The highest BCUT2D eigenvalue weighted by Crippen LogP contribution is 1.94. The van der Waals surface area contributed by atoms with Crippen LogP contribution in [-0.2, 0) is 4.79 Å². The van der Waals surface area contributed by atoms with E-state index < -0.39 is 5.97 Å². The Morgan fingerprint density at radius 2 is 2.18 bits per heavy atom. The summed E-state index contributed by atoms with van der Waals surface area (Å²) in [5, 5.41) is 16.5. The SMILES string of the molecule is O=C(O)CCCC=C=CCO. The zero-order valence-corrected chi connectivity index (χ0v) is 6.29. The van der Waals surface area contributed by atoms with Crippen LogP contribution in [0.15, 0.2) is 17.9 Å². The molecule has 0 atom stereocenters. The van der Waals surface area contributed by atoms with E-state index >= 15 is 0 Å². The van der Waals surface area contributed by atoms with Gasteiger partial charge in [-0.25, -0.2) is 0 Å². The van der Waals surface area contributed by atoms with E-state index in [0.29, 0.717) is 12.8 Å². The molecule has 0 aliphatic heterocycles. The zero-order valence-electron chi connectivity index (χ0n) is 6.29. The molecule has 3 nitrogen and oxygen atoms in total. The van der Waals surface area contributed by atoms with Crippen LogP contribution in [0, 0.1) is 0 Å². The molecule has 0 aromatic heterocycles. The molecule has 0 fully saturated rings. The molecule has 0 unspecified atom stereocenters. The number of aliphatic hydroxyl groups is 1. The van der Waals surface area contributed by atoms with Gasteiger partial charge in [-0.05, 0) is 25.0 Å². The largest absolute Gasteiger partial charge is 0.481 e. The molecule has 0 aliphatic carbocycles. The summed E-state index contributed by atoms with van der Waals surface area (Å²) in [5.74, 6) is -0.774. The number of carbonyl (C=O) groups is 1. The number of carboxylic acids is 1. The molecule has 0 heterocycles. The number of rotatable bonds is 5. The molecule has 0 saturated heterocycles. The molecule has 0 bridgehead atoms. The van der Waals surface area contributed by atoms with E-state index in [4.69, 9.17) is 10.2 Å². The molecule has 2 N–H and O–H groups in total. The molecule has 0 aromatic rings. The number of hydrogen-bond donors (Lipinski definition) is 2. The lowest BCUT2D eigenvalue weighted by Crippen LogP contribution is -1.92. The van der Waals surface area contributed by atoms with Gasteiger partial charge in [-0.2, -0.15) is 0 Å². The minimum absolute atomic E-state index is 0.0184. The average Bonchev–Trinajstić information content (AvgIpc) is 1.96. The third-order valence-corrected chi connectivity index (χ3v) is 1.07. The molecule has 0 aromatic carbocycles. The number of aliphatic hydroxyl groups excluding tert-OH is 1. The quantitative estimate of drug-likeness (QED) is 0.460. The highest BCUT2D eigenvalue weighted by Gasteiger charge is 1.92. The van der Waals surface area contributed by atoms with Crippen LogP contribution in [0.25, 0.3) is 0 Å². The van der Waals surface area contributed by atoms with Gasteiger partial charge in [-0.3, -0.25) is 4.79 Å². The minimum Gasteiger partial charge on any atom is -0.481 e. The first-order valence-electron chi connectivity index (χ1n) is 3.49. The Kier molecular flexibility index (Phi) is 6.39. The fourth-order valence-corrected chi connectivity index (χ4v) is 0.575. The second kappa shape index (κ2) is 7.06. The number of carboxylic acid groups (broad SMARTS) is 1. The first-order chi connectivity index (χ1) is 5.27. The Morgan fingerprint density at radius 3 is 2.73 bits per heavy atom. The van der Waals surface area contributed by atoms with Crippen molar-refractivity contribution >= 4 is 5.97 Å². The number of unbranched alkanes of at least 4 members (excludes halogenated alkanes) is 1. The molecule has 0 rings (SSSR count). The first-order valence-corrected chi connectivity index (χ1v) is 3.49. The maximum atomic E-state index is 10.0. The highest BCUT2D eigenvalue weighted by atomic mass is 16.4. The van der Waals surface area contributed by atoms with Crippen LogP contribution >= 0.6 is 0 Å². The van der Waals surface area contributed by atoms with Gasteiger partial charge in [0.05, 0.1) is 6.61 Å². The molecule has 0 saturated carbocycles. The van der Waals surface area contributed by atoms with E-state index in [0.717, 1.165) is 0 Å². The summed E-state index contributed by atoms with van der Waals surface area (Å²) in [6.45, 7) is -0.0184. The molecule has 62 valence electrons. The summed E-state index contributed by atoms with van der Waals surface area (Å²) < 4.78 is 0. The normalized spacial score (nSPS) is 8.45. The van der Waals surface area contributed by atoms with Crippen LogP contribution in [0.1, 0.15) is 19.3 Å². The maximum absolute atomic E-state index is 10.0. The van der Waals surface area contributed by atoms with Crippen molar-refractivity contribution in [3.8, 4) is 0 Å². The van der Waals surface area contributed by atoms with Crippen molar-refractivity contribution in [1.82, 2.24) is 0 Å². The first kappa shape index (κ1) is 9.95. The predicted octanol–water partition coefficient (Wildman–Crippen LogP) is 0.945. The van der Waals surface area contributed by atoms with Crippen LogP contribution in [0.2, 0.25) is 0 Å². The van der Waals surface area contributed by atoms with Gasteiger partial charge in [-0.1, -0.05) is 0 Å². The smallest absolute Gasteiger partial charge is 0.303 e. The topological polar surface area (TPSA) is 57.5 Å². The van der Waals surface area contributed by atoms with Gasteiger partial charge in [-0.15, -0.1) is 5.73 Å². The van der Waals surface area contributed by atoms with E-state index in [1.165, 1.54) is 6.08 Å². The third kappa shape index (κ3) is 8.95. The maximum Gasteiger partial charge on any atom is 0.303 e. The van der Waals surface area contributed by atoms with Crippen molar-refractivity contribution in [1.29, 1.82) is 0 Å². The van der Waals surface area contributed by atoms with Crippen molar-refractivity contribution < 1.29 is 15.0 Å². The summed E-state index contributed by atoms with van der Waals surface area (Å²) in [6.07, 6.45) is 4.72. The van der Waals surface area contributed by atoms with E-state index in [2.05, 4.69) is 5.73 Å². The Morgan fingerprint density at radius 1 is 1.45 bits per heavy atom. The second-order valence-corrected chi connectivity index (χ2v) is 2.04. The Bertz CT molecular complexity index is 166. The zero-order chi connectivity index (χ0) is 8.53. The number of hydrogen-bond acceptors (Lipinski definition) is 2. The van der Waals surface area contributed by atoms with Crippen LogP contribution in [0.3, 0.4) is 0 Å². The lowest BCUT2D eigenvalue weighted by atomic mass is 10.2. The van der Waals surface area contributed by atoms with Gasteiger partial charge in [0.15, 0.2) is 0 Å². The van der Waals surface area contributed by atoms with Crippen molar-refractivity contribution in [2.24, 2.45) is 0 Å². The molecular formula is C8H12O3. The summed E-state index contributed by atoms with van der Waals surface area (Å²) in [7, 11) is 0. The third-order valence-electron chi connectivity index (χ3n) is 1.07. The second-order valence-electron chi connectivity index (χ2n) is 2.04. The summed E-state index contributed by atoms with van der Waals surface area (Å²) in [4.78, 5) is 10.0. The monoisotopic (exact) mass is 156 g/mol. The van der Waals surface area contributed by atoms with Crippen LogP contribution < -0.4 is 0 Å². The molecule has 11 heavy (non-hydrogen) atoms. The lowest BCUT2D eigenvalue weighted by Gasteiger charge is -1.87. The summed E-state index contributed by atoms with van der Waals surface area (Å²) >= 11 is 0. The predicted molar refractivity (Wildman–Crippen MR) is 41.2 cm³/mol. The summed E-state index contributed by atoms with van der Waals surface area (Å²) in [5.41, 5.74) is 2.72. The van der Waals surface area contributed by atoms with Crippen molar-refractivity contribution in [2.45, 2.75) is 19.3 Å². The minimum atomic E-state index is -0.774.